The molecule has 0 fully saturated rings. The number of nitrogens with one attached hydrogen (secondary N) is 1. The van der Waals surface area contributed by atoms with Crippen molar-refractivity contribution in [1.82, 2.24) is 10.2 Å². The maximum Gasteiger partial charge on any atom is 0.251 e. The molecule has 0 bridgehead atoms. The van der Waals surface area contributed by atoms with E-state index in [4.69, 9.17) is 0 Å². The first kappa shape index (κ1) is 15.2. The number of carbonyl (C=O) groups is 1. The van der Waals surface area contributed by atoms with Gasteiger partial charge in [-0.25, -0.2) is 0 Å². The first-order valence-electron chi connectivity index (χ1n) is 6.18. The van der Waals surface area contributed by atoms with Gasteiger partial charge in [-0.3, -0.25) is 4.79 Å². The molecule has 0 atom stereocenters. The van der Waals surface area contributed by atoms with Crippen LogP contribution in [0.25, 0.3) is 0 Å². The monoisotopic (exact) mass is 312 g/mol. The zero-order valence-electron chi connectivity index (χ0n) is 11.2. The van der Waals surface area contributed by atoms with Crippen LogP contribution in [0.1, 0.15) is 29.8 Å². The summed E-state index contributed by atoms with van der Waals surface area (Å²) >= 11 is 3.38. The first-order chi connectivity index (χ1) is 8.54. The smallest absolute Gasteiger partial charge is 0.251 e. The zero-order valence-corrected chi connectivity index (χ0v) is 12.8. The molecule has 0 saturated heterocycles. The fraction of sp³-hybridized carbons (Fsp3) is 0.500. The maximum absolute atomic E-state index is 11.9. The third-order valence-electron chi connectivity index (χ3n) is 3.00. The molecule has 3 nitrogen and oxygen atoms in total. The van der Waals surface area contributed by atoms with Crippen molar-refractivity contribution in [3.63, 3.8) is 0 Å². The van der Waals surface area contributed by atoms with E-state index in [9.17, 15) is 4.79 Å². The van der Waals surface area contributed by atoms with Gasteiger partial charge in [0.2, 0.25) is 0 Å². The van der Waals surface area contributed by atoms with Crippen LogP contribution in [-0.4, -0.2) is 37.0 Å². The largest absolute Gasteiger partial charge is 0.351 e. The van der Waals surface area contributed by atoms with Crippen LogP contribution in [-0.2, 0) is 5.33 Å². The molecule has 0 aliphatic carbocycles. The molecule has 18 heavy (non-hydrogen) atoms. The second-order valence-corrected chi connectivity index (χ2v) is 5.22. The number of amides is 1. The van der Waals surface area contributed by atoms with Gasteiger partial charge in [0.15, 0.2) is 0 Å². The van der Waals surface area contributed by atoms with E-state index in [0.29, 0.717) is 18.2 Å². The Bertz CT molecular complexity index is 376. The summed E-state index contributed by atoms with van der Waals surface area (Å²) in [5.41, 5.74) is 1.89. The van der Waals surface area contributed by atoms with E-state index in [1.54, 1.807) is 0 Å². The number of benzene rings is 1. The van der Waals surface area contributed by atoms with Crippen LogP contribution in [0.3, 0.4) is 0 Å². The fourth-order valence-corrected chi connectivity index (χ4v) is 1.83. The van der Waals surface area contributed by atoms with Gasteiger partial charge in [0.25, 0.3) is 5.91 Å². The van der Waals surface area contributed by atoms with E-state index in [1.807, 2.05) is 24.3 Å². The van der Waals surface area contributed by atoms with Crippen LogP contribution in [0, 0.1) is 0 Å². The number of nitrogens with zero attached hydrogens (tertiary/aromatic N) is 1. The van der Waals surface area contributed by atoms with E-state index in [1.165, 1.54) is 5.56 Å². The Morgan fingerprint density at radius 3 is 2.44 bits per heavy atom. The lowest BCUT2D eigenvalue weighted by molar-refractivity contribution is 0.0948. The van der Waals surface area contributed by atoms with Gasteiger partial charge >= 0.3 is 0 Å². The molecule has 1 rings (SSSR count). The highest BCUT2D eigenvalue weighted by Gasteiger charge is 2.06. The molecule has 0 unspecified atom stereocenters. The van der Waals surface area contributed by atoms with Crippen LogP contribution in [0.15, 0.2) is 24.3 Å². The summed E-state index contributed by atoms with van der Waals surface area (Å²) in [4.78, 5) is 14.1. The van der Waals surface area contributed by atoms with Crippen molar-refractivity contribution in [3.05, 3.63) is 35.4 Å². The molecular weight excluding hydrogens is 292 g/mol. The highest BCUT2D eigenvalue weighted by molar-refractivity contribution is 9.08. The van der Waals surface area contributed by atoms with Crippen molar-refractivity contribution in [2.45, 2.75) is 25.2 Å². The standard InChI is InChI=1S/C14H21BrN2O/c1-11(2)17(3)9-8-16-14(18)13-6-4-12(10-15)5-7-13/h4-7,11H,8-10H2,1-3H3,(H,16,18). The first-order valence-corrected chi connectivity index (χ1v) is 7.30. The summed E-state index contributed by atoms with van der Waals surface area (Å²) in [7, 11) is 2.06. The number of hydrogen-bond donors (Lipinski definition) is 1. The van der Waals surface area contributed by atoms with Crippen molar-refractivity contribution in [2.75, 3.05) is 20.1 Å². The second-order valence-electron chi connectivity index (χ2n) is 4.66. The molecule has 1 amide bonds. The molecule has 0 aliphatic rings. The number of carbonyl (C=O) groups excluding carboxylic acids is 1. The Labute approximate surface area is 118 Å². The summed E-state index contributed by atoms with van der Waals surface area (Å²) in [5, 5.41) is 3.74. The second kappa shape index (κ2) is 7.54. The Hall–Kier alpha value is -0.870. The van der Waals surface area contributed by atoms with Gasteiger partial charge in [-0.1, -0.05) is 28.1 Å². The summed E-state index contributed by atoms with van der Waals surface area (Å²) in [6, 6.07) is 8.14. The van der Waals surface area contributed by atoms with Crippen molar-refractivity contribution in [2.24, 2.45) is 0 Å². The molecule has 0 heterocycles. The van der Waals surface area contributed by atoms with Gasteiger partial charge in [0, 0.05) is 30.0 Å². The predicted octanol–water partition coefficient (Wildman–Crippen LogP) is 2.65. The highest BCUT2D eigenvalue weighted by atomic mass is 79.9. The summed E-state index contributed by atoms with van der Waals surface area (Å²) in [6.07, 6.45) is 0. The molecule has 1 N–H and O–H groups in total. The quantitative estimate of drug-likeness (QED) is 0.819. The number of rotatable bonds is 6. The molecule has 1 aromatic carbocycles. The van der Waals surface area contributed by atoms with Crippen LogP contribution in [0.5, 0.6) is 0 Å². The Kier molecular flexibility index (Phi) is 6.36. The minimum atomic E-state index is -0.00622. The highest BCUT2D eigenvalue weighted by Crippen LogP contribution is 2.07. The topological polar surface area (TPSA) is 32.3 Å². The molecule has 0 spiro atoms. The van der Waals surface area contributed by atoms with Crippen LogP contribution >= 0.6 is 15.9 Å². The average molecular weight is 313 g/mol. The van der Waals surface area contributed by atoms with Gasteiger partial charge in [-0.15, -0.1) is 0 Å². The third kappa shape index (κ3) is 4.78. The van der Waals surface area contributed by atoms with Crippen LogP contribution < -0.4 is 5.32 Å². The van der Waals surface area contributed by atoms with Crippen molar-refractivity contribution in [1.29, 1.82) is 0 Å². The number of halogens is 1. The van der Waals surface area contributed by atoms with Crippen LogP contribution in [0.4, 0.5) is 0 Å². The van der Waals surface area contributed by atoms with Gasteiger partial charge in [0.1, 0.15) is 0 Å². The summed E-state index contributed by atoms with van der Waals surface area (Å²) in [6.45, 7) is 5.82. The van der Waals surface area contributed by atoms with E-state index in [-0.39, 0.29) is 5.91 Å². The summed E-state index contributed by atoms with van der Waals surface area (Å²) in [5.74, 6) is -0.00622. The molecule has 1 aromatic rings. The van der Waals surface area contributed by atoms with Gasteiger partial charge in [0.05, 0.1) is 0 Å². The van der Waals surface area contributed by atoms with Crippen LogP contribution in [0.2, 0.25) is 0 Å². The lowest BCUT2D eigenvalue weighted by Gasteiger charge is -2.20. The van der Waals surface area contributed by atoms with E-state index in [0.717, 1.165) is 11.9 Å². The lowest BCUT2D eigenvalue weighted by atomic mass is 10.1. The number of likely N-dealkylation sites (N-methyl/N-ethyl adjacent to an activating group) is 1. The minimum absolute atomic E-state index is 0.00622. The summed E-state index contributed by atoms with van der Waals surface area (Å²) < 4.78 is 0. The average Bonchev–Trinajstić information content (AvgIpc) is 2.38. The Morgan fingerprint density at radius 2 is 1.94 bits per heavy atom. The Morgan fingerprint density at radius 1 is 1.33 bits per heavy atom. The molecule has 0 radical (unpaired) electrons. The zero-order chi connectivity index (χ0) is 13.5. The molecule has 4 heteroatoms. The third-order valence-corrected chi connectivity index (χ3v) is 3.65. The van der Waals surface area contributed by atoms with Gasteiger partial charge < -0.3 is 10.2 Å². The fourth-order valence-electron chi connectivity index (χ4n) is 1.45. The van der Waals surface area contributed by atoms with Gasteiger partial charge in [-0.05, 0) is 38.6 Å². The molecule has 0 aromatic heterocycles. The van der Waals surface area contributed by atoms with Gasteiger partial charge in [-0.2, -0.15) is 0 Å². The normalized spacial score (nSPS) is 11.0. The lowest BCUT2D eigenvalue weighted by Crippen LogP contribution is -2.36. The van der Waals surface area contributed by atoms with E-state index < -0.39 is 0 Å². The predicted molar refractivity (Wildman–Crippen MR) is 79.2 cm³/mol. The maximum atomic E-state index is 11.9. The minimum Gasteiger partial charge on any atom is -0.351 e. The van der Waals surface area contributed by atoms with Crippen molar-refractivity contribution >= 4 is 21.8 Å². The van der Waals surface area contributed by atoms with E-state index >= 15 is 0 Å². The Balaban J connectivity index is 2.40. The number of hydrogen-bond acceptors (Lipinski definition) is 2. The van der Waals surface area contributed by atoms with E-state index in [2.05, 4.69) is 47.0 Å². The molecular formula is C14H21BrN2O. The van der Waals surface area contributed by atoms with Crippen molar-refractivity contribution < 1.29 is 4.79 Å². The molecule has 0 aliphatic heterocycles. The SMILES string of the molecule is CC(C)N(C)CCNC(=O)c1ccc(CBr)cc1. The molecule has 100 valence electrons. The molecule has 0 saturated carbocycles. The van der Waals surface area contributed by atoms with Crippen molar-refractivity contribution in [3.8, 4) is 0 Å². The number of alkyl halides is 1.